The van der Waals surface area contributed by atoms with Gasteiger partial charge in [-0.3, -0.25) is 0 Å². The van der Waals surface area contributed by atoms with Crippen molar-refractivity contribution in [1.82, 2.24) is 20.3 Å². The number of hydrogen-bond donors (Lipinski definition) is 2. The molecule has 0 bridgehead atoms. The number of ether oxygens (including phenoxy) is 2. The minimum absolute atomic E-state index is 0.0711. The van der Waals surface area contributed by atoms with Gasteiger partial charge < -0.3 is 20.6 Å². The molecule has 0 spiro atoms. The van der Waals surface area contributed by atoms with Crippen LogP contribution in [0.1, 0.15) is 11.1 Å². The summed E-state index contributed by atoms with van der Waals surface area (Å²) >= 11 is 9.56. The minimum Gasteiger partial charge on any atom is -0.493 e. The van der Waals surface area contributed by atoms with Gasteiger partial charge in [0.05, 0.1) is 18.7 Å². The fourth-order valence-electron chi connectivity index (χ4n) is 2.34. The van der Waals surface area contributed by atoms with Crippen LogP contribution >= 0.6 is 27.5 Å². The van der Waals surface area contributed by atoms with Crippen molar-refractivity contribution in [3.05, 3.63) is 56.8 Å². The van der Waals surface area contributed by atoms with Gasteiger partial charge in [0, 0.05) is 15.6 Å². The zero-order valence-electron chi connectivity index (χ0n) is 14.1. The molecule has 8 nitrogen and oxygen atoms in total. The van der Waals surface area contributed by atoms with E-state index < -0.39 is 5.82 Å². The number of nitrogens with one attached hydrogen (secondary N) is 1. The smallest absolute Gasteiger partial charge is 0.260 e. The van der Waals surface area contributed by atoms with E-state index >= 15 is 0 Å². The van der Waals surface area contributed by atoms with Crippen LogP contribution in [0.3, 0.4) is 0 Å². The predicted octanol–water partition coefficient (Wildman–Crippen LogP) is 3.14. The molecule has 2 aromatic carbocycles. The number of tetrazole rings is 1. The highest BCUT2D eigenvalue weighted by atomic mass is 79.9. The zero-order chi connectivity index (χ0) is 19.4. The van der Waals surface area contributed by atoms with Gasteiger partial charge in [-0.1, -0.05) is 38.7 Å². The highest BCUT2D eigenvalue weighted by Gasteiger charge is 2.17. The summed E-state index contributed by atoms with van der Waals surface area (Å²) in [6.45, 7) is 0.186. The fourth-order valence-corrected chi connectivity index (χ4v) is 3.01. The van der Waals surface area contributed by atoms with Gasteiger partial charge in [0.15, 0.2) is 11.5 Å². The van der Waals surface area contributed by atoms with Crippen molar-refractivity contribution in [2.24, 2.45) is 0 Å². The molecule has 142 valence electrons. The van der Waals surface area contributed by atoms with Crippen molar-refractivity contribution in [3.63, 3.8) is 0 Å². The third-order valence-electron chi connectivity index (χ3n) is 3.71. The van der Waals surface area contributed by atoms with Crippen LogP contribution in [0, 0.1) is 5.82 Å². The van der Waals surface area contributed by atoms with Gasteiger partial charge in [-0.2, -0.15) is 0 Å². The lowest BCUT2D eigenvalue weighted by molar-refractivity contribution is 0.276. The first-order valence-corrected chi connectivity index (χ1v) is 8.87. The second-order valence-corrected chi connectivity index (χ2v) is 6.59. The van der Waals surface area contributed by atoms with Crippen LogP contribution in [0.5, 0.6) is 11.5 Å². The van der Waals surface area contributed by atoms with E-state index in [0.717, 1.165) is 4.47 Å². The summed E-state index contributed by atoms with van der Waals surface area (Å²) in [4.78, 5) is 1.23. The van der Waals surface area contributed by atoms with Crippen molar-refractivity contribution in [3.8, 4) is 11.5 Å². The Balaban J connectivity index is 1.88. The summed E-state index contributed by atoms with van der Waals surface area (Å²) in [7, 11) is 1.52. The van der Waals surface area contributed by atoms with Gasteiger partial charge in [0.1, 0.15) is 12.4 Å². The molecule has 1 aromatic heterocycles. The normalized spacial score (nSPS) is 10.7. The van der Waals surface area contributed by atoms with Crippen LogP contribution in [-0.4, -0.2) is 27.4 Å². The van der Waals surface area contributed by atoms with Crippen molar-refractivity contribution >= 4 is 33.5 Å². The first-order chi connectivity index (χ1) is 13.0. The van der Waals surface area contributed by atoms with Crippen molar-refractivity contribution in [1.29, 1.82) is 0 Å². The average molecular weight is 458 g/mol. The number of benzene rings is 2. The molecule has 1 heterocycles. The van der Waals surface area contributed by atoms with Crippen LogP contribution in [-0.2, 0) is 13.2 Å². The lowest BCUT2D eigenvalue weighted by atomic mass is 10.1. The number of halogens is 3. The molecule has 11 heteroatoms. The van der Waals surface area contributed by atoms with Crippen molar-refractivity contribution in [2.45, 2.75) is 13.2 Å². The lowest BCUT2D eigenvalue weighted by Gasteiger charge is -2.18. The Morgan fingerprint density at radius 2 is 2.11 bits per heavy atom. The second kappa shape index (κ2) is 8.40. The SMILES string of the molecule is COc1ccc(Br)c(CNn2nnnc2N)c1OCc1c(F)cccc1Cl. The Bertz CT molecular complexity index is 934. The molecular formula is C16H15BrClFN6O2. The summed E-state index contributed by atoms with van der Waals surface area (Å²) < 4.78 is 26.0. The topological polar surface area (TPSA) is 100 Å². The second-order valence-electron chi connectivity index (χ2n) is 5.33. The number of rotatable bonds is 7. The Kier molecular flexibility index (Phi) is 5.97. The van der Waals surface area contributed by atoms with E-state index in [9.17, 15) is 4.39 Å². The molecule has 0 aliphatic carbocycles. The molecule has 0 unspecified atom stereocenters. The molecule has 0 aliphatic rings. The van der Waals surface area contributed by atoms with E-state index in [2.05, 4.69) is 36.9 Å². The monoisotopic (exact) mass is 456 g/mol. The van der Waals surface area contributed by atoms with Crippen LogP contribution in [0.15, 0.2) is 34.8 Å². The standard InChI is InChI=1S/C16H15BrClFN6O2/c1-26-14-6-5-11(17)9(7-21-25-16(20)22-23-24-25)15(14)27-8-10-12(18)3-2-4-13(10)19/h2-6,21H,7-8H2,1H3,(H2,20,22,24). The molecule has 0 radical (unpaired) electrons. The number of methoxy groups -OCH3 is 1. The van der Waals surface area contributed by atoms with Gasteiger partial charge in [0.25, 0.3) is 5.95 Å². The molecule has 0 fully saturated rings. The molecule has 27 heavy (non-hydrogen) atoms. The Morgan fingerprint density at radius 3 is 2.78 bits per heavy atom. The molecule has 0 saturated carbocycles. The largest absolute Gasteiger partial charge is 0.493 e. The third kappa shape index (κ3) is 4.22. The maximum atomic E-state index is 14.0. The molecule has 0 saturated heterocycles. The molecule has 3 rings (SSSR count). The van der Waals surface area contributed by atoms with E-state index in [1.54, 1.807) is 12.1 Å². The maximum absolute atomic E-state index is 14.0. The lowest BCUT2D eigenvalue weighted by Crippen LogP contribution is -2.19. The number of anilines is 1. The molecule has 0 atom stereocenters. The predicted molar refractivity (Wildman–Crippen MR) is 102 cm³/mol. The zero-order valence-corrected chi connectivity index (χ0v) is 16.5. The summed E-state index contributed by atoms with van der Waals surface area (Å²) in [5.41, 5.74) is 9.56. The van der Waals surface area contributed by atoms with E-state index in [4.69, 9.17) is 26.8 Å². The van der Waals surface area contributed by atoms with Gasteiger partial charge in [-0.05, 0) is 34.7 Å². The van der Waals surface area contributed by atoms with E-state index in [1.165, 1.54) is 24.0 Å². The summed E-state index contributed by atoms with van der Waals surface area (Å²) in [6, 6.07) is 8.00. The maximum Gasteiger partial charge on any atom is 0.260 e. The summed E-state index contributed by atoms with van der Waals surface area (Å²) in [6.07, 6.45) is 0. The van der Waals surface area contributed by atoms with Gasteiger partial charge >= 0.3 is 0 Å². The average Bonchev–Trinajstić information content (AvgIpc) is 3.05. The summed E-state index contributed by atoms with van der Waals surface area (Å²) in [5.74, 6) is 0.560. The number of hydrogen-bond acceptors (Lipinski definition) is 7. The van der Waals surface area contributed by atoms with Gasteiger partial charge in [-0.15, -0.1) is 4.79 Å². The molecule has 3 N–H and O–H groups in total. The fraction of sp³-hybridized carbons (Fsp3) is 0.188. The highest BCUT2D eigenvalue weighted by Crippen LogP contribution is 2.37. The number of nitrogens with two attached hydrogens (primary N) is 1. The van der Waals surface area contributed by atoms with E-state index in [0.29, 0.717) is 17.1 Å². The molecular weight excluding hydrogens is 443 g/mol. The summed E-state index contributed by atoms with van der Waals surface area (Å²) in [5, 5.41) is 11.1. The molecule has 0 amide bonds. The Labute approximate surface area is 167 Å². The number of aromatic nitrogens is 4. The van der Waals surface area contributed by atoms with Gasteiger partial charge in [0.2, 0.25) is 0 Å². The van der Waals surface area contributed by atoms with E-state index in [1.807, 2.05) is 6.07 Å². The van der Waals surface area contributed by atoms with Crippen LogP contribution in [0.25, 0.3) is 0 Å². The molecule has 3 aromatic rings. The Hall–Kier alpha value is -2.59. The number of nitrogen functional groups attached to an aromatic ring is 1. The van der Waals surface area contributed by atoms with Crippen LogP contribution in [0.4, 0.5) is 10.3 Å². The highest BCUT2D eigenvalue weighted by molar-refractivity contribution is 9.10. The van der Waals surface area contributed by atoms with Gasteiger partial charge in [-0.25, -0.2) is 4.39 Å². The van der Waals surface area contributed by atoms with Crippen LogP contribution < -0.4 is 20.6 Å². The third-order valence-corrected chi connectivity index (χ3v) is 4.81. The number of nitrogens with zero attached hydrogens (tertiary/aromatic N) is 4. The van der Waals surface area contributed by atoms with Crippen molar-refractivity contribution in [2.75, 3.05) is 18.3 Å². The first kappa shape index (κ1) is 19.2. The van der Waals surface area contributed by atoms with Crippen LogP contribution in [0.2, 0.25) is 5.02 Å². The quantitative estimate of drug-likeness (QED) is 0.562. The molecule has 0 aliphatic heterocycles. The Morgan fingerprint density at radius 1 is 1.30 bits per heavy atom. The van der Waals surface area contributed by atoms with E-state index in [-0.39, 0.29) is 29.7 Å². The van der Waals surface area contributed by atoms with Crippen molar-refractivity contribution < 1.29 is 13.9 Å². The first-order valence-electron chi connectivity index (χ1n) is 7.70. The minimum atomic E-state index is -0.447.